The highest BCUT2D eigenvalue weighted by Crippen LogP contribution is 2.23. The molecule has 1 aliphatic rings. The molecule has 1 aromatic rings. The predicted molar refractivity (Wildman–Crippen MR) is 64.7 cm³/mol. The van der Waals surface area contributed by atoms with Crippen molar-refractivity contribution in [1.29, 1.82) is 0 Å². The van der Waals surface area contributed by atoms with Gasteiger partial charge in [0.25, 0.3) is 0 Å². The zero-order valence-electron chi connectivity index (χ0n) is 9.91. The molecular weight excluding hydrogens is 200 g/mol. The number of rotatable bonds is 5. The van der Waals surface area contributed by atoms with Crippen LogP contribution in [0.4, 0.5) is 0 Å². The number of hydrogen-bond acceptors (Lipinski definition) is 2. The van der Waals surface area contributed by atoms with Crippen molar-refractivity contribution >= 4 is 0 Å². The van der Waals surface area contributed by atoms with Crippen LogP contribution in [0.1, 0.15) is 29.5 Å². The van der Waals surface area contributed by atoms with Gasteiger partial charge in [-0.2, -0.15) is 0 Å². The summed E-state index contributed by atoms with van der Waals surface area (Å²) in [5.74, 6) is 0. The molecule has 1 aliphatic carbocycles. The van der Waals surface area contributed by atoms with Crippen LogP contribution in [0, 0.1) is 0 Å². The minimum absolute atomic E-state index is 0.278. The monoisotopic (exact) mass is 220 g/mol. The van der Waals surface area contributed by atoms with Crippen molar-refractivity contribution in [3.8, 4) is 0 Å². The second kappa shape index (κ2) is 5.46. The average Bonchev–Trinajstić information content (AvgIpc) is 2.73. The zero-order chi connectivity index (χ0) is 11.4. The largest absolute Gasteiger partial charge is 0.393 e. The Bertz CT molecular complexity index is 347. The number of ether oxygens (including phenoxy) is 1. The van der Waals surface area contributed by atoms with E-state index in [0.717, 1.165) is 6.42 Å². The summed E-state index contributed by atoms with van der Waals surface area (Å²) in [6.07, 6.45) is 4.90. The Morgan fingerprint density at radius 1 is 1.31 bits per heavy atom. The van der Waals surface area contributed by atoms with Crippen LogP contribution >= 0.6 is 0 Å². The van der Waals surface area contributed by atoms with Gasteiger partial charge >= 0.3 is 0 Å². The molecule has 0 bridgehead atoms. The van der Waals surface area contributed by atoms with Crippen molar-refractivity contribution in [2.45, 2.75) is 38.2 Å². The number of aryl methyl sites for hydroxylation is 2. The maximum Gasteiger partial charge on any atom is 0.0602 e. The van der Waals surface area contributed by atoms with Crippen molar-refractivity contribution < 1.29 is 9.84 Å². The summed E-state index contributed by atoms with van der Waals surface area (Å²) in [7, 11) is 1.67. The minimum atomic E-state index is -0.278. The molecule has 0 fully saturated rings. The molecule has 1 unspecified atom stereocenters. The molecule has 2 nitrogen and oxygen atoms in total. The van der Waals surface area contributed by atoms with Gasteiger partial charge in [-0.1, -0.05) is 18.2 Å². The minimum Gasteiger partial charge on any atom is -0.393 e. The van der Waals surface area contributed by atoms with Gasteiger partial charge in [0.05, 0.1) is 6.10 Å². The van der Waals surface area contributed by atoms with Crippen molar-refractivity contribution in [2.75, 3.05) is 13.7 Å². The topological polar surface area (TPSA) is 29.5 Å². The van der Waals surface area contributed by atoms with Crippen LogP contribution in [0.15, 0.2) is 18.2 Å². The van der Waals surface area contributed by atoms with Gasteiger partial charge < -0.3 is 9.84 Å². The lowest BCUT2D eigenvalue weighted by atomic mass is 10.0. The molecule has 1 atom stereocenters. The Labute approximate surface area is 97.3 Å². The van der Waals surface area contributed by atoms with Crippen LogP contribution in [0.2, 0.25) is 0 Å². The van der Waals surface area contributed by atoms with Gasteiger partial charge in [-0.3, -0.25) is 0 Å². The zero-order valence-corrected chi connectivity index (χ0v) is 9.91. The van der Waals surface area contributed by atoms with Gasteiger partial charge in [0.2, 0.25) is 0 Å². The Morgan fingerprint density at radius 2 is 2.12 bits per heavy atom. The highest BCUT2D eigenvalue weighted by molar-refractivity contribution is 5.35. The molecule has 0 heterocycles. The first-order chi connectivity index (χ1) is 7.79. The molecule has 0 aliphatic heterocycles. The SMILES string of the molecule is COCCC(O)Cc1ccc2c(c1)CCC2. The summed E-state index contributed by atoms with van der Waals surface area (Å²) in [6.45, 7) is 0.631. The van der Waals surface area contributed by atoms with E-state index in [1.54, 1.807) is 7.11 Å². The van der Waals surface area contributed by atoms with E-state index < -0.39 is 0 Å². The van der Waals surface area contributed by atoms with Crippen molar-refractivity contribution in [1.82, 2.24) is 0 Å². The van der Waals surface area contributed by atoms with Gasteiger partial charge in [0.15, 0.2) is 0 Å². The normalized spacial score (nSPS) is 16.1. The second-order valence-corrected chi connectivity index (χ2v) is 4.60. The first-order valence-corrected chi connectivity index (χ1v) is 6.07. The molecular formula is C14H20O2. The van der Waals surface area contributed by atoms with Gasteiger partial charge in [-0.15, -0.1) is 0 Å². The molecule has 88 valence electrons. The van der Waals surface area contributed by atoms with E-state index >= 15 is 0 Å². The highest BCUT2D eigenvalue weighted by Gasteiger charge is 2.12. The third kappa shape index (κ3) is 2.83. The second-order valence-electron chi connectivity index (χ2n) is 4.60. The third-order valence-electron chi connectivity index (χ3n) is 3.29. The number of benzene rings is 1. The summed E-state index contributed by atoms with van der Waals surface area (Å²) in [4.78, 5) is 0. The Morgan fingerprint density at radius 3 is 2.94 bits per heavy atom. The lowest BCUT2D eigenvalue weighted by molar-refractivity contribution is 0.110. The lowest BCUT2D eigenvalue weighted by Crippen LogP contribution is -2.13. The number of aliphatic hydroxyl groups excluding tert-OH is 1. The van der Waals surface area contributed by atoms with Crippen molar-refractivity contribution in [3.63, 3.8) is 0 Å². The van der Waals surface area contributed by atoms with E-state index in [2.05, 4.69) is 18.2 Å². The molecule has 0 saturated heterocycles. The van der Waals surface area contributed by atoms with Crippen LogP contribution in [0.25, 0.3) is 0 Å². The molecule has 2 rings (SSSR count). The first-order valence-electron chi connectivity index (χ1n) is 6.07. The molecule has 16 heavy (non-hydrogen) atoms. The number of fused-ring (bicyclic) bond motifs is 1. The van der Waals surface area contributed by atoms with E-state index in [4.69, 9.17) is 4.74 Å². The summed E-state index contributed by atoms with van der Waals surface area (Å²) < 4.78 is 4.96. The van der Waals surface area contributed by atoms with Gasteiger partial charge in [0.1, 0.15) is 0 Å². The molecule has 1 N–H and O–H groups in total. The lowest BCUT2D eigenvalue weighted by Gasteiger charge is -2.11. The molecule has 0 radical (unpaired) electrons. The fraction of sp³-hybridized carbons (Fsp3) is 0.571. The molecule has 1 aromatic carbocycles. The highest BCUT2D eigenvalue weighted by atomic mass is 16.5. The number of hydrogen-bond donors (Lipinski definition) is 1. The maximum atomic E-state index is 9.80. The Kier molecular flexibility index (Phi) is 3.97. The number of methoxy groups -OCH3 is 1. The van der Waals surface area contributed by atoms with E-state index in [1.807, 2.05) is 0 Å². The first kappa shape index (κ1) is 11.6. The molecule has 0 saturated carbocycles. The Hall–Kier alpha value is -0.860. The summed E-state index contributed by atoms with van der Waals surface area (Å²) >= 11 is 0. The van der Waals surface area contributed by atoms with E-state index in [9.17, 15) is 5.11 Å². The summed E-state index contributed by atoms with van der Waals surface area (Å²) in [5.41, 5.74) is 4.23. The van der Waals surface area contributed by atoms with E-state index in [0.29, 0.717) is 13.0 Å². The van der Waals surface area contributed by atoms with Crippen LogP contribution in [-0.4, -0.2) is 24.9 Å². The fourth-order valence-corrected chi connectivity index (χ4v) is 2.38. The standard InChI is InChI=1S/C14H20O2/c1-16-8-7-14(15)10-11-5-6-12-3-2-4-13(12)9-11/h5-6,9,14-15H,2-4,7-8,10H2,1H3. The predicted octanol–water partition coefficient (Wildman–Crippen LogP) is 2.12. The summed E-state index contributed by atoms with van der Waals surface area (Å²) in [5, 5.41) is 9.80. The van der Waals surface area contributed by atoms with Crippen LogP contribution < -0.4 is 0 Å². The average molecular weight is 220 g/mol. The summed E-state index contributed by atoms with van der Waals surface area (Å²) in [6, 6.07) is 6.64. The van der Waals surface area contributed by atoms with Crippen molar-refractivity contribution in [3.05, 3.63) is 34.9 Å². The van der Waals surface area contributed by atoms with E-state index in [-0.39, 0.29) is 6.10 Å². The number of aliphatic hydroxyl groups is 1. The van der Waals surface area contributed by atoms with Crippen molar-refractivity contribution in [2.24, 2.45) is 0 Å². The fourth-order valence-electron chi connectivity index (χ4n) is 2.38. The van der Waals surface area contributed by atoms with Gasteiger partial charge in [0, 0.05) is 13.7 Å². The molecule has 0 spiro atoms. The molecule has 0 aromatic heterocycles. The Balaban J connectivity index is 1.94. The molecule has 0 amide bonds. The van der Waals surface area contributed by atoms with Crippen LogP contribution in [0.5, 0.6) is 0 Å². The van der Waals surface area contributed by atoms with Crippen LogP contribution in [-0.2, 0) is 24.0 Å². The van der Waals surface area contributed by atoms with Gasteiger partial charge in [-0.25, -0.2) is 0 Å². The third-order valence-corrected chi connectivity index (χ3v) is 3.29. The molecule has 2 heteroatoms. The van der Waals surface area contributed by atoms with E-state index in [1.165, 1.54) is 36.0 Å². The maximum absolute atomic E-state index is 9.80. The quantitative estimate of drug-likeness (QED) is 0.823. The smallest absolute Gasteiger partial charge is 0.0602 e. The van der Waals surface area contributed by atoms with Crippen LogP contribution in [0.3, 0.4) is 0 Å². The van der Waals surface area contributed by atoms with Gasteiger partial charge in [-0.05, 0) is 48.8 Å².